The van der Waals surface area contributed by atoms with Crippen molar-refractivity contribution in [3.63, 3.8) is 0 Å². The minimum atomic E-state index is -0.607. The number of rotatable bonds is 7. The number of anilines is 1. The average Bonchev–Trinajstić information content (AvgIpc) is 3.08. The van der Waals surface area contributed by atoms with Gasteiger partial charge in [-0.05, 0) is 47.1 Å². The largest absolute Gasteiger partial charge is 0.538 e. The summed E-state index contributed by atoms with van der Waals surface area (Å²) in [4.78, 5) is 12.7. The second-order valence-electron chi connectivity index (χ2n) is 5.76. The van der Waals surface area contributed by atoms with E-state index in [4.69, 9.17) is 20.9 Å². The molecule has 1 heterocycles. The SMILES string of the molecule is CCC(Sc1c([O-])on[n+]1-c1ccc(OC)cc1)C(=O)Nc1ccccc1Cl. The predicted molar refractivity (Wildman–Crippen MR) is 104 cm³/mol. The lowest BCUT2D eigenvalue weighted by molar-refractivity contribution is -0.705. The van der Waals surface area contributed by atoms with Crippen molar-refractivity contribution in [1.82, 2.24) is 5.27 Å². The number of carbonyl (C=O) groups excluding carboxylic acids is 1. The first-order valence-corrected chi connectivity index (χ1v) is 9.74. The molecule has 0 spiro atoms. The standard InChI is InChI=1S/C19H18ClN3O4S/c1-3-16(17(24)21-15-7-5-4-6-14(15)20)28-18-19(25)27-22-23(18)12-8-10-13(26-2)11-9-12/h4-11,16H,3H2,1-2H3,(H-,21,22,24,25). The van der Waals surface area contributed by atoms with Gasteiger partial charge in [-0.2, -0.15) is 0 Å². The number of thioether (sulfide) groups is 1. The number of nitrogens with zero attached hydrogens (tertiary/aromatic N) is 2. The molecule has 0 aliphatic rings. The van der Waals surface area contributed by atoms with E-state index >= 15 is 0 Å². The van der Waals surface area contributed by atoms with Gasteiger partial charge in [-0.1, -0.05) is 30.7 Å². The molecular formula is C19H18ClN3O4S. The van der Waals surface area contributed by atoms with Crippen LogP contribution in [0.2, 0.25) is 5.02 Å². The van der Waals surface area contributed by atoms with Crippen LogP contribution in [0.3, 0.4) is 0 Å². The maximum atomic E-state index is 12.7. The fourth-order valence-electron chi connectivity index (χ4n) is 2.46. The topological polar surface area (TPSA) is 91.3 Å². The predicted octanol–water partition coefficient (Wildman–Crippen LogP) is 3.20. The maximum Gasteiger partial charge on any atom is 0.298 e. The molecule has 9 heteroatoms. The Hall–Kier alpha value is -2.71. The Morgan fingerprint density at radius 2 is 2.04 bits per heavy atom. The fraction of sp³-hybridized carbons (Fsp3) is 0.211. The third-order valence-corrected chi connectivity index (χ3v) is 5.66. The van der Waals surface area contributed by atoms with Crippen LogP contribution >= 0.6 is 23.4 Å². The second-order valence-corrected chi connectivity index (χ2v) is 7.36. The van der Waals surface area contributed by atoms with Crippen LogP contribution in [0, 0.1) is 0 Å². The molecule has 146 valence electrons. The highest BCUT2D eigenvalue weighted by Gasteiger charge is 2.28. The molecule has 1 aromatic heterocycles. The molecule has 28 heavy (non-hydrogen) atoms. The minimum absolute atomic E-state index is 0.214. The third-order valence-electron chi connectivity index (χ3n) is 3.94. The van der Waals surface area contributed by atoms with Gasteiger partial charge in [0.25, 0.3) is 5.03 Å². The summed E-state index contributed by atoms with van der Waals surface area (Å²) in [5.74, 6) is -0.192. The van der Waals surface area contributed by atoms with Crippen LogP contribution in [0.1, 0.15) is 13.3 Å². The van der Waals surface area contributed by atoms with Crippen LogP contribution in [-0.4, -0.2) is 23.5 Å². The summed E-state index contributed by atoms with van der Waals surface area (Å²) < 4.78 is 11.3. The van der Waals surface area contributed by atoms with Crippen molar-refractivity contribution < 1.29 is 23.8 Å². The number of ether oxygens (including phenoxy) is 1. The number of para-hydroxylation sites is 1. The van der Waals surface area contributed by atoms with Crippen molar-refractivity contribution in [3.05, 3.63) is 53.6 Å². The van der Waals surface area contributed by atoms with Crippen LogP contribution in [0.4, 0.5) is 5.69 Å². The van der Waals surface area contributed by atoms with Gasteiger partial charge in [0, 0.05) is 12.1 Å². The Bertz CT molecular complexity index is 962. The molecule has 0 aliphatic heterocycles. The first-order chi connectivity index (χ1) is 13.5. The highest BCUT2D eigenvalue weighted by molar-refractivity contribution is 8.00. The lowest BCUT2D eigenvalue weighted by atomic mass is 10.2. The van der Waals surface area contributed by atoms with Gasteiger partial charge in [-0.3, -0.25) is 4.79 Å². The maximum absolute atomic E-state index is 12.7. The van der Waals surface area contributed by atoms with Gasteiger partial charge >= 0.3 is 0 Å². The van der Waals surface area contributed by atoms with Crippen molar-refractivity contribution in [2.24, 2.45) is 0 Å². The molecule has 0 saturated heterocycles. The molecule has 0 radical (unpaired) electrons. The Balaban J connectivity index is 1.82. The van der Waals surface area contributed by atoms with Gasteiger partial charge in [-0.15, -0.1) is 0 Å². The van der Waals surface area contributed by atoms with Gasteiger partial charge in [-0.25, -0.2) is 0 Å². The number of amides is 1. The van der Waals surface area contributed by atoms with E-state index in [2.05, 4.69) is 10.6 Å². The molecule has 0 bridgehead atoms. The van der Waals surface area contributed by atoms with E-state index in [-0.39, 0.29) is 10.9 Å². The number of benzene rings is 2. The van der Waals surface area contributed by atoms with E-state index < -0.39 is 11.2 Å². The quantitative estimate of drug-likeness (QED) is 0.467. The van der Waals surface area contributed by atoms with Crippen LogP contribution in [0.25, 0.3) is 5.69 Å². The Kier molecular flexibility index (Phi) is 6.43. The zero-order chi connectivity index (χ0) is 20.1. The number of hydrogen-bond donors (Lipinski definition) is 1. The van der Waals surface area contributed by atoms with Crippen molar-refractivity contribution >= 4 is 35.0 Å². The summed E-state index contributed by atoms with van der Waals surface area (Å²) in [6.45, 7) is 1.86. The normalized spacial score (nSPS) is 11.8. The first kappa shape index (κ1) is 20.0. The fourth-order valence-corrected chi connectivity index (χ4v) is 3.62. The zero-order valence-corrected chi connectivity index (χ0v) is 16.8. The molecule has 3 aromatic rings. The summed E-state index contributed by atoms with van der Waals surface area (Å²) in [7, 11) is 1.57. The molecular weight excluding hydrogens is 402 g/mol. The number of hydrogen-bond acceptors (Lipinski definition) is 6. The van der Waals surface area contributed by atoms with Gasteiger partial charge in [0.05, 0.1) is 28.3 Å². The van der Waals surface area contributed by atoms with Crippen molar-refractivity contribution in [3.8, 4) is 17.4 Å². The number of methoxy groups -OCH3 is 1. The van der Waals surface area contributed by atoms with Crippen molar-refractivity contribution in [2.45, 2.75) is 23.6 Å². The van der Waals surface area contributed by atoms with Crippen molar-refractivity contribution in [2.75, 3.05) is 12.4 Å². The van der Waals surface area contributed by atoms with E-state index in [9.17, 15) is 9.90 Å². The molecule has 7 nitrogen and oxygen atoms in total. The molecule has 1 amide bonds. The molecule has 0 aliphatic carbocycles. The Morgan fingerprint density at radius 1 is 1.32 bits per heavy atom. The number of nitrogens with one attached hydrogen (secondary N) is 1. The Labute approximate surface area is 171 Å². The molecule has 0 saturated carbocycles. The molecule has 3 rings (SSSR count). The van der Waals surface area contributed by atoms with Crippen LogP contribution in [0.5, 0.6) is 11.7 Å². The van der Waals surface area contributed by atoms with Crippen LogP contribution in [0.15, 0.2) is 58.1 Å². The molecule has 1 unspecified atom stereocenters. The van der Waals surface area contributed by atoms with Gasteiger partial charge < -0.3 is 19.7 Å². The summed E-state index contributed by atoms with van der Waals surface area (Å²) >= 11 is 7.20. The smallest absolute Gasteiger partial charge is 0.298 e. The van der Waals surface area contributed by atoms with E-state index in [1.54, 1.807) is 55.6 Å². The molecule has 0 fully saturated rings. The van der Waals surface area contributed by atoms with E-state index in [1.165, 1.54) is 4.68 Å². The number of carbonyl (C=O) groups is 1. The van der Waals surface area contributed by atoms with E-state index in [1.807, 2.05) is 6.92 Å². The van der Waals surface area contributed by atoms with Crippen molar-refractivity contribution in [1.29, 1.82) is 0 Å². The minimum Gasteiger partial charge on any atom is -0.538 e. The van der Waals surface area contributed by atoms with E-state index in [0.29, 0.717) is 28.6 Å². The lowest BCUT2D eigenvalue weighted by Crippen LogP contribution is -2.36. The highest BCUT2D eigenvalue weighted by Crippen LogP contribution is 2.30. The summed E-state index contributed by atoms with van der Waals surface area (Å²) in [5, 5.41) is 18.9. The number of aromatic nitrogens is 2. The average molecular weight is 420 g/mol. The summed E-state index contributed by atoms with van der Waals surface area (Å²) in [6.07, 6.45) is 0.494. The third kappa shape index (κ3) is 4.40. The lowest BCUT2D eigenvalue weighted by Gasteiger charge is -2.13. The highest BCUT2D eigenvalue weighted by atomic mass is 35.5. The van der Waals surface area contributed by atoms with Crippen LogP contribution in [-0.2, 0) is 4.79 Å². The summed E-state index contributed by atoms with van der Waals surface area (Å²) in [5.41, 5.74) is 1.14. The van der Waals surface area contributed by atoms with Crippen LogP contribution < -0.4 is 19.8 Å². The molecule has 1 N–H and O–H groups in total. The zero-order valence-electron chi connectivity index (χ0n) is 15.2. The van der Waals surface area contributed by atoms with Gasteiger partial charge in [0.1, 0.15) is 5.75 Å². The van der Waals surface area contributed by atoms with Gasteiger partial charge in [0.2, 0.25) is 11.6 Å². The molecule has 2 aromatic carbocycles. The Morgan fingerprint density at radius 3 is 2.68 bits per heavy atom. The second kappa shape index (κ2) is 8.99. The van der Waals surface area contributed by atoms with Gasteiger partial charge in [0.15, 0.2) is 5.95 Å². The summed E-state index contributed by atoms with van der Waals surface area (Å²) in [6, 6.07) is 14.0. The molecule has 1 atom stereocenters. The monoisotopic (exact) mass is 419 g/mol. The van der Waals surface area contributed by atoms with E-state index in [0.717, 1.165) is 11.8 Å². The first-order valence-electron chi connectivity index (χ1n) is 8.49. The number of halogens is 1.